The number of piperidine rings is 2. The number of carboxylic acid groups (broad SMARTS) is 2. The molecule has 18 heteroatoms. The van der Waals surface area contributed by atoms with Crippen molar-refractivity contribution in [1.82, 2.24) is 9.80 Å². The Balaban J connectivity index is 0.000000204. The fourth-order valence-corrected chi connectivity index (χ4v) is 6.80. The topological polar surface area (TPSA) is 280 Å². The van der Waals surface area contributed by atoms with Gasteiger partial charge in [-0.15, -0.1) is 0 Å². The van der Waals surface area contributed by atoms with Crippen LogP contribution in [0.5, 0.6) is 0 Å². The van der Waals surface area contributed by atoms with Gasteiger partial charge in [-0.1, -0.05) is 0 Å². The molecule has 2 aromatic rings. The second kappa shape index (κ2) is 16.2. The fraction of sp³-hybridized carbons (Fsp3) is 0.486. The highest BCUT2D eigenvalue weighted by Crippen LogP contribution is 2.29. The fourth-order valence-electron chi connectivity index (χ4n) is 6.80. The summed E-state index contributed by atoms with van der Waals surface area (Å²) in [5, 5.41) is 53.0. The number of nitrogens with one attached hydrogen (secondary N) is 2. The van der Waals surface area contributed by atoms with Crippen LogP contribution in [-0.4, -0.2) is 142 Å². The molecule has 0 bridgehead atoms. The van der Waals surface area contributed by atoms with Gasteiger partial charge in [-0.2, -0.15) is 0 Å². The molecule has 0 saturated carbocycles. The van der Waals surface area contributed by atoms with E-state index in [0.29, 0.717) is 87.7 Å². The first-order chi connectivity index (χ1) is 25.0. The van der Waals surface area contributed by atoms with Crippen LogP contribution in [0.2, 0.25) is 0 Å². The van der Waals surface area contributed by atoms with Crippen molar-refractivity contribution in [1.29, 1.82) is 10.8 Å². The van der Waals surface area contributed by atoms with Crippen molar-refractivity contribution in [2.45, 2.75) is 55.5 Å². The van der Waals surface area contributed by atoms with E-state index in [2.05, 4.69) is 4.90 Å². The van der Waals surface area contributed by atoms with E-state index < -0.39 is 35.3 Å². The summed E-state index contributed by atoms with van der Waals surface area (Å²) in [5.74, 6) is -2.26. The molecule has 2 amide bonds. The third-order valence-corrected chi connectivity index (χ3v) is 10.0. The number of nitrogens with two attached hydrogens (primary N) is 2. The van der Waals surface area contributed by atoms with Crippen molar-refractivity contribution in [2.75, 3.05) is 62.2 Å². The van der Waals surface area contributed by atoms with E-state index in [1.54, 1.807) is 53.4 Å². The zero-order chi connectivity index (χ0) is 38.5. The van der Waals surface area contributed by atoms with E-state index in [4.69, 9.17) is 42.0 Å². The first-order valence-electron chi connectivity index (χ1n) is 17.2. The molecule has 0 spiro atoms. The molecule has 10 N–H and O–H groups in total. The molecule has 0 radical (unpaired) electrons. The summed E-state index contributed by atoms with van der Waals surface area (Å²) in [5.41, 5.74) is 10.6. The molecule has 4 heterocycles. The monoisotopic (exact) mass is 738 g/mol. The number of cyclic esters (lactones) is 2. The lowest BCUT2D eigenvalue weighted by Gasteiger charge is -2.37. The zero-order valence-electron chi connectivity index (χ0n) is 29.1. The van der Waals surface area contributed by atoms with Crippen molar-refractivity contribution in [3.63, 3.8) is 0 Å². The number of carbonyl (C=O) groups excluding carboxylic acids is 2. The van der Waals surface area contributed by atoms with Gasteiger partial charge in [0.05, 0.1) is 25.1 Å². The Morgan fingerprint density at radius 3 is 1.42 bits per heavy atom. The SMILES string of the molecule is N=C(N)c1ccc(N2CC(CN3CCC(O)(C(=O)O)CC3)OC2=O)cc1.N=C(N)c1ccc(N2CC(CN3CCC(O)(CC(=O)O)CC3)OC2=O)cc1. The van der Waals surface area contributed by atoms with Gasteiger partial charge in [0, 0.05) is 61.8 Å². The molecule has 286 valence electrons. The van der Waals surface area contributed by atoms with Crippen LogP contribution in [0.3, 0.4) is 0 Å². The molecule has 4 saturated heterocycles. The first-order valence-corrected chi connectivity index (χ1v) is 17.2. The minimum atomic E-state index is -1.66. The number of amides is 2. The molecular weight excluding hydrogens is 692 g/mol. The van der Waals surface area contributed by atoms with E-state index in [-0.39, 0.29) is 43.1 Å². The Morgan fingerprint density at radius 1 is 0.698 bits per heavy atom. The van der Waals surface area contributed by atoms with Crippen molar-refractivity contribution in [2.24, 2.45) is 11.5 Å². The number of carboxylic acids is 2. The summed E-state index contributed by atoms with van der Waals surface area (Å²) in [4.78, 5) is 53.4. The minimum absolute atomic E-state index is 0.0311. The number of nitrogens with zero attached hydrogens (tertiary/aromatic N) is 4. The highest BCUT2D eigenvalue weighted by molar-refractivity contribution is 5.97. The summed E-state index contributed by atoms with van der Waals surface area (Å²) in [6.45, 7) is 3.82. The minimum Gasteiger partial charge on any atom is -0.481 e. The quantitative estimate of drug-likeness (QED) is 0.117. The number of benzene rings is 2. The van der Waals surface area contributed by atoms with E-state index in [1.807, 2.05) is 4.90 Å². The maximum atomic E-state index is 12.2. The number of hydrogen-bond donors (Lipinski definition) is 8. The maximum Gasteiger partial charge on any atom is 0.414 e. The number of aliphatic carboxylic acids is 2. The van der Waals surface area contributed by atoms with Gasteiger partial charge in [0.25, 0.3) is 0 Å². The van der Waals surface area contributed by atoms with Gasteiger partial charge in [-0.05, 0) is 74.2 Å². The molecule has 0 aliphatic carbocycles. The predicted molar refractivity (Wildman–Crippen MR) is 191 cm³/mol. The second-order valence-corrected chi connectivity index (χ2v) is 13.9. The smallest absolute Gasteiger partial charge is 0.414 e. The van der Waals surface area contributed by atoms with Gasteiger partial charge in [0.1, 0.15) is 23.9 Å². The summed E-state index contributed by atoms with van der Waals surface area (Å²) >= 11 is 0. The highest BCUT2D eigenvalue weighted by atomic mass is 16.6. The number of nitrogen functional groups attached to an aromatic ring is 2. The molecule has 53 heavy (non-hydrogen) atoms. The summed E-state index contributed by atoms with van der Waals surface area (Å²) < 4.78 is 10.9. The van der Waals surface area contributed by atoms with Crippen molar-refractivity contribution >= 4 is 47.2 Å². The molecular formula is C35H46N8O10. The molecule has 2 aromatic carbocycles. The molecule has 18 nitrogen and oxygen atoms in total. The third kappa shape index (κ3) is 9.78. The zero-order valence-corrected chi connectivity index (χ0v) is 29.1. The van der Waals surface area contributed by atoms with E-state index >= 15 is 0 Å². The number of aliphatic hydroxyl groups is 2. The Morgan fingerprint density at radius 2 is 1.08 bits per heavy atom. The van der Waals surface area contributed by atoms with Crippen LogP contribution in [-0.2, 0) is 19.1 Å². The van der Waals surface area contributed by atoms with Crippen LogP contribution >= 0.6 is 0 Å². The average Bonchev–Trinajstić information content (AvgIpc) is 3.67. The number of rotatable bonds is 11. The van der Waals surface area contributed by atoms with Crippen molar-refractivity contribution in [3.05, 3.63) is 59.7 Å². The Labute approximate surface area is 305 Å². The number of likely N-dealkylation sites (tertiary alicyclic amines) is 2. The Kier molecular flexibility index (Phi) is 11.9. The van der Waals surface area contributed by atoms with Crippen LogP contribution in [0, 0.1) is 10.8 Å². The van der Waals surface area contributed by atoms with E-state index in [0.717, 1.165) is 0 Å². The second-order valence-electron chi connectivity index (χ2n) is 13.9. The van der Waals surface area contributed by atoms with E-state index in [1.165, 1.54) is 4.90 Å². The van der Waals surface area contributed by atoms with Crippen LogP contribution in [0.25, 0.3) is 0 Å². The molecule has 4 aliphatic heterocycles. The van der Waals surface area contributed by atoms with Crippen LogP contribution in [0.15, 0.2) is 48.5 Å². The first kappa shape index (κ1) is 38.9. The molecule has 6 rings (SSSR count). The highest BCUT2D eigenvalue weighted by Gasteiger charge is 2.41. The van der Waals surface area contributed by atoms with Crippen LogP contribution in [0.4, 0.5) is 21.0 Å². The van der Waals surface area contributed by atoms with Gasteiger partial charge in [0.15, 0.2) is 5.60 Å². The predicted octanol–water partition coefficient (Wildman–Crippen LogP) is 0.805. The Bertz CT molecular complexity index is 1690. The van der Waals surface area contributed by atoms with Crippen molar-refractivity contribution in [3.8, 4) is 0 Å². The van der Waals surface area contributed by atoms with Crippen molar-refractivity contribution < 1.29 is 49.1 Å². The molecule has 4 fully saturated rings. The van der Waals surface area contributed by atoms with Gasteiger partial charge in [-0.3, -0.25) is 35.2 Å². The van der Waals surface area contributed by atoms with Gasteiger partial charge in [0.2, 0.25) is 0 Å². The summed E-state index contributed by atoms with van der Waals surface area (Å²) in [6, 6.07) is 13.6. The molecule has 2 unspecified atom stereocenters. The molecule has 4 aliphatic rings. The summed E-state index contributed by atoms with van der Waals surface area (Å²) in [7, 11) is 0. The van der Waals surface area contributed by atoms with Gasteiger partial charge in [-0.25, -0.2) is 14.4 Å². The van der Waals surface area contributed by atoms with Gasteiger partial charge < -0.3 is 41.4 Å². The third-order valence-electron chi connectivity index (χ3n) is 10.0. The number of anilines is 2. The number of ether oxygens (including phenoxy) is 2. The van der Waals surface area contributed by atoms with Crippen LogP contribution < -0.4 is 21.3 Å². The van der Waals surface area contributed by atoms with Gasteiger partial charge >= 0.3 is 24.1 Å². The van der Waals surface area contributed by atoms with Crippen LogP contribution in [0.1, 0.15) is 43.2 Å². The maximum absolute atomic E-state index is 12.2. The Hall–Kier alpha value is -5.30. The standard InChI is InChI=1S/C18H24N4O5.C17H22N4O5/c19-16(20)12-1-3-13(4-2-12)22-11-14(27-17(22)25)10-21-7-5-18(26,6-8-21)9-15(23)24;18-14(19)11-1-3-12(4-2-11)21-10-13(26-16(21)24)9-20-7-5-17(25,6-8-20)15(22)23/h1-4,14,26H,5-11H2,(H3,19,20)(H,23,24);1-4,13,25H,5-10H2,(H3,18,19)(H,22,23). The lowest BCUT2D eigenvalue weighted by atomic mass is 9.88. The number of carbonyl (C=O) groups is 4. The average molecular weight is 739 g/mol. The lowest BCUT2D eigenvalue weighted by molar-refractivity contribution is -0.163. The number of hydrogen-bond acceptors (Lipinski definition) is 12. The van der Waals surface area contributed by atoms with E-state index in [9.17, 15) is 29.4 Å². The lowest BCUT2D eigenvalue weighted by Crippen LogP contribution is -2.51. The molecule has 0 aromatic heterocycles. The normalized spacial score (nSPS) is 22.7. The molecule has 2 atom stereocenters. The number of amidine groups is 2. The largest absolute Gasteiger partial charge is 0.481 e. The summed E-state index contributed by atoms with van der Waals surface area (Å²) in [6.07, 6.45) is -0.657.